The van der Waals surface area contributed by atoms with Crippen molar-refractivity contribution in [2.45, 2.75) is 54.4 Å². The fraction of sp³-hybridized carbons (Fsp3) is 1.00. The van der Waals surface area contributed by atoms with E-state index in [4.69, 9.17) is 0 Å². The average molecular weight is 260 g/mol. The third-order valence-corrected chi connectivity index (χ3v) is 4.31. The molecule has 0 aliphatic carbocycles. The fourth-order valence-electron chi connectivity index (χ4n) is 2.46. The van der Waals surface area contributed by atoms with Crippen LogP contribution in [0.2, 0.25) is 0 Å². The predicted molar refractivity (Wildman–Crippen MR) is 83.0 cm³/mol. The van der Waals surface area contributed by atoms with Gasteiger partial charge in [0.2, 0.25) is 0 Å². The zero-order valence-corrected chi connectivity index (χ0v) is 13.7. The van der Waals surface area contributed by atoms with Gasteiger partial charge in [-0.2, -0.15) is 12.6 Å². The number of nitrogens with zero attached hydrogens (tertiary/aromatic N) is 1. The topological polar surface area (TPSA) is 3.24 Å². The van der Waals surface area contributed by atoms with Crippen molar-refractivity contribution in [3.63, 3.8) is 0 Å². The standard InChI is InChI=1S/C15H33NS/c1-7-15(8-2,12-17)11-16(9-13(3)4)10-14(5)6/h13-14,17H,7-12H2,1-6H3. The molecule has 0 unspecified atom stereocenters. The minimum atomic E-state index is 0.410. The van der Waals surface area contributed by atoms with Gasteiger partial charge in [-0.25, -0.2) is 0 Å². The second-order valence-electron chi connectivity index (χ2n) is 6.35. The highest BCUT2D eigenvalue weighted by Gasteiger charge is 2.27. The fourth-order valence-corrected chi connectivity index (χ4v) is 3.01. The maximum atomic E-state index is 4.59. The van der Waals surface area contributed by atoms with Gasteiger partial charge >= 0.3 is 0 Å². The summed E-state index contributed by atoms with van der Waals surface area (Å²) in [6, 6.07) is 0. The van der Waals surface area contributed by atoms with Crippen molar-refractivity contribution >= 4 is 12.6 Å². The van der Waals surface area contributed by atoms with Crippen LogP contribution in [0.3, 0.4) is 0 Å². The Morgan fingerprint density at radius 3 is 1.59 bits per heavy atom. The van der Waals surface area contributed by atoms with Crippen LogP contribution in [0.5, 0.6) is 0 Å². The van der Waals surface area contributed by atoms with Crippen LogP contribution in [0.4, 0.5) is 0 Å². The molecule has 1 nitrogen and oxygen atoms in total. The van der Waals surface area contributed by atoms with Gasteiger partial charge in [-0.15, -0.1) is 0 Å². The van der Waals surface area contributed by atoms with E-state index in [0.29, 0.717) is 5.41 Å². The molecular formula is C15H33NS. The third kappa shape index (κ3) is 6.71. The van der Waals surface area contributed by atoms with Gasteiger partial charge in [0.1, 0.15) is 0 Å². The zero-order chi connectivity index (χ0) is 13.5. The van der Waals surface area contributed by atoms with Crippen LogP contribution in [0.15, 0.2) is 0 Å². The highest BCUT2D eigenvalue weighted by Crippen LogP contribution is 2.29. The van der Waals surface area contributed by atoms with Crippen molar-refractivity contribution in [3.8, 4) is 0 Å². The monoisotopic (exact) mass is 259 g/mol. The van der Waals surface area contributed by atoms with E-state index in [2.05, 4.69) is 59.1 Å². The van der Waals surface area contributed by atoms with Gasteiger partial charge in [-0.3, -0.25) is 0 Å². The third-order valence-electron chi connectivity index (χ3n) is 3.64. The summed E-state index contributed by atoms with van der Waals surface area (Å²) >= 11 is 4.59. The molecule has 0 fully saturated rings. The summed E-state index contributed by atoms with van der Waals surface area (Å²) in [6.07, 6.45) is 2.47. The summed E-state index contributed by atoms with van der Waals surface area (Å²) in [6.45, 7) is 17.5. The van der Waals surface area contributed by atoms with Crippen LogP contribution in [-0.2, 0) is 0 Å². The molecule has 0 amide bonds. The molecular weight excluding hydrogens is 226 g/mol. The van der Waals surface area contributed by atoms with Crippen molar-refractivity contribution in [3.05, 3.63) is 0 Å². The van der Waals surface area contributed by atoms with Crippen molar-refractivity contribution in [2.24, 2.45) is 17.3 Å². The summed E-state index contributed by atoms with van der Waals surface area (Å²) in [5.41, 5.74) is 0.410. The highest BCUT2D eigenvalue weighted by atomic mass is 32.1. The first-order valence-electron chi connectivity index (χ1n) is 7.22. The molecule has 104 valence electrons. The Hall–Kier alpha value is 0.310. The van der Waals surface area contributed by atoms with Crippen LogP contribution >= 0.6 is 12.6 Å². The zero-order valence-electron chi connectivity index (χ0n) is 12.8. The van der Waals surface area contributed by atoms with E-state index in [-0.39, 0.29) is 0 Å². The van der Waals surface area contributed by atoms with Crippen molar-refractivity contribution in [2.75, 3.05) is 25.4 Å². The maximum absolute atomic E-state index is 4.59. The van der Waals surface area contributed by atoms with Crippen LogP contribution in [0.1, 0.15) is 54.4 Å². The molecule has 0 rings (SSSR count). The molecule has 0 N–H and O–H groups in total. The van der Waals surface area contributed by atoms with Crippen LogP contribution in [-0.4, -0.2) is 30.3 Å². The van der Waals surface area contributed by atoms with E-state index in [1.165, 1.54) is 32.5 Å². The number of thiol groups is 1. The predicted octanol–water partition coefficient (Wildman–Crippen LogP) is 4.34. The van der Waals surface area contributed by atoms with Crippen LogP contribution in [0, 0.1) is 17.3 Å². The Balaban J connectivity index is 4.57. The molecule has 2 heteroatoms. The van der Waals surface area contributed by atoms with Gasteiger partial charge in [-0.1, -0.05) is 41.5 Å². The van der Waals surface area contributed by atoms with Crippen molar-refractivity contribution in [1.29, 1.82) is 0 Å². The Bertz CT molecular complexity index is 167. The smallest absolute Gasteiger partial charge is 0.00458 e. The molecule has 0 aliphatic rings. The quantitative estimate of drug-likeness (QED) is 0.603. The van der Waals surface area contributed by atoms with Crippen LogP contribution in [0.25, 0.3) is 0 Å². The van der Waals surface area contributed by atoms with E-state index in [9.17, 15) is 0 Å². The normalized spacial score (nSPS) is 13.1. The minimum absolute atomic E-state index is 0.410. The van der Waals surface area contributed by atoms with Gasteiger partial charge < -0.3 is 4.90 Å². The largest absolute Gasteiger partial charge is 0.302 e. The first kappa shape index (κ1) is 17.3. The minimum Gasteiger partial charge on any atom is -0.302 e. The Morgan fingerprint density at radius 1 is 0.941 bits per heavy atom. The average Bonchev–Trinajstić information content (AvgIpc) is 2.24. The molecule has 0 heterocycles. The summed E-state index contributed by atoms with van der Waals surface area (Å²) in [5, 5.41) is 0. The maximum Gasteiger partial charge on any atom is 0.00458 e. The summed E-state index contributed by atoms with van der Waals surface area (Å²) in [7, 11) is 0. The molecule has 0 aromatic rings. The molecule has 0 bridgehead atoms. The Morgan fingerprint density at radius 2 is 1.35 bits per heavy atom. The van der Waals surface area contributed by atoms with E-state index in [1.54, 1.807) is 0 Å². The van der Waals surface area contributed by atoms with E-state index < -0.39 is 0 Å². The van der Waals surface area contributed by atoms with Gasteiger partial charge in [-0.05, 0) is 35.8 Å². The van der Waals surface area contributed by atoms with Gasteiger partial charge in [0, 0.05) is 19.6 Å². The lowest BCUT2D eigenvalue weighted by atomic mass is 9.83. The second kappa shape index (κ2) is 8.42. The molecule has 0 aromatic heterocycles. The lowest BCUT2D eigenvalue weighted by molar-refractivity contribution is 0.132. The molecule has 0 radical (unpaired) electrons. The molecule has 0 spiro atoms. The Kier molecular flexibility index (Phi) is 8.57. The van der Waals surface area contributed by atoms with E-state index >= 15 is 0 Å². The SMILES string of the molecule is CCC(CC)(CS)CN(CC(C)C)CC(C)C. The number of hydrogen-bond donors (Lipinski definition) is 1. The van der Waals surface area contributed by atoms with Gasteiger partial charge in [0.25, 0.3) is 0 Å². The molecule has 0 aromatic carbocycles. The van der Waals surface area contributed by atoms with Crippen LogP contribution < -0.4 is 0 Å². The van der Waals surface area contributed by atoms with Gasteiger partial charge in [0.05, 0.1) is 0 Å². The van der Waals surface area contributed by atoms with E-state index in [1.807, 2.05) is 0 Å². The lowest BCUT2D eigenvalue weighted by Crippen LogP contribution is -2.42. The first-order valence-corrected chi connectivity index (χ1v) is 7.85. The Labute approximate surface area is 115 Å². The highest BCUT2D eigenvalue weighted by molar-refractivity contribution is 7.80. The van der Waals surface area contributed by atoms with Crippen molar-refractivity contribution < 1.29 is 0 Å². The lowest BCUT2D eigenvalue weighted by Gasteiger charge is -2.37. The molecule has 0 saturated carbocycles. The summed E-state index contributed by atoms with van der Waals surface area (Å²) in [4.78, 5) is 2.65. The molecule has 0 aliphatic heterocycles. The summed E-state index contributed by atoms with van der Waals surface area (Å²) < 4.78 is 0. The molecule has 0 atom stereocenters. The van der Waals surface area contributed by atoms with Crippen molar-refractivity contribution in [1.82, 2.24) is 4.90 Å². The summed E-state index contributed by atoms with van der Waals surface area (Å²) in [5.74, 6) is 2.51. The number of rotatable bonds is 9. The molecule has 17 heavy (non-hydrogen) atoms. The number of hydrogen-bond acceptors (Lipinski definition) is 2. The first-order chi connectivity index (χ1) is 7.89. The van der Waals surface area contributed by atoms with E-state index in [0.717, 1.165) is 17.6 Å². The second-order valence-corrected chi connectivity index (χ2v) is 6.66. The molecule has 0 saturated heterocycles. The van der Waals surface area contributed by atoms with Gasteiger partial charge in [0.15, 0.2) is 0 Å².